The average Bonchev–Trinajstić information content (AvgIpc) is 3.16. The van der Waals surface area contributed by atoms with E-state index in [1.807, 2.05) is 0 Å². The third-order valence-electron chi connectivity index (χ3n) is 10.5. The molecule has 9 nitrogen and oxygen atoms in total. The van der Waals surface area contributed by atoms with E-state index in [2.05, 4.69) is 43.2 Å². The molecule has 0 amide bonds. The van der Waals surface area contributed by atoms with Crippen LogP contribution in [0.15, 0.2) is 9.59 Å². The highest BCUT2D eigenvalue weighted by atomic mass is 16.5. The Hall–Kier alpha value is -2.42. The molecule has 0 aliphatic carbocycles. The molecule has 0 spiro atoms. The Bertz CT molecular complexity index is 1040. The fourth-order valence-electron chi connectivity index (χ4n) is 7.23. The first kappa shape index (κ1) is 50.6. The second-order valence-electron chi connectivity index (χ2n) is 15.2. The largest absolute Gasteiger partial charge is 0.483 e. The van der Waals surface area contributed by atoms with Gasteiger partial charge in [0.2, 0.25) is 0 Å². The molecule has 0 aliphatic heterocycles. The molecular formula is C44H83N3O6. The topological polar surface area (TPSA) is 125 Å². The first-order valence-corrected chi connectivity index (χ1v) is 22.1. The number of hydrogen-bond donors (Lipinski definition) is 3. The van der Waals surface area contributed by atoms with Crippen molar-refractivity contribution < 1.29 is 19.4 Å². The van der Waals surface area contributed by atoms with Crippen LogP contribution in [0.5, 0.6) is 0 Å². The lowest BCUT2D eigenvalue weighted by Crippen LogP contribution is -2.37. The van der Waals surface area contributed by atoms with Gasteiger partial charge in [-0.25, -0.2) is 0 Å². The van der Waals surface area contributed by atoms with Crippen LogP contribution >= 0.6 is 0 Å². The van der Waals surface area contributed by atoms with Crippen LogP contribution in [0.4, 0.5) is 11.4 Å². The van der Waals surface area contributed by atoms with Crippen LogP contribution < -0.4 is 21.5 Å². The van der Waals surface area contributed by atoms with E-state index >= 15 is 0 Å². The number of rotatable bonds is 37. The van der Waals surface area contributed by atoms with Crippen LogP contribution in [0.1, 0.15) is 201 Å². The van der Waals surface area contributed by atoms with Crippen molar-refractivity contribution in [2.45, 2.75) is 207 Å². The molecule has 0 heterocycles. The van der Waals surface area contributed by atoms with Crippen molar-refractivity contribution in [2.75, 3.05) is 43.9 Å². The van der Waals surface area contributed by atoms with E-state index in [4.69, 9.17) is 14.6 Å². The van der Waals surface area contributed by atoms with Gasteiger partial charge in [0.05, 0.1) is 0 Å². The highest BCUT2D eigenvalue weighted by Crippen LogP contribution is 2.23. The fraction of sp³-hybridized carbons (Fsp3) is 0.864. The summed E-state index contributed by atoms with van der Waals surface area (Å²) in [6, 6.07) is 0. The van der Waals surface area contributed by atoms with Crippen LogP contribution in [0.3, 0.4) is 0 Å². The molecule has 0 unspecified atom stereocenters. The summed E-state index contributed by atoms with van der Waals surface area (Å²) in [5.74, 6) is 0.952. The number of anilines is 2. The quantitative estimate of drug-likeness (QED) is 0.0264. The number of hydrogen-bond acceptors (Lipinski definition) is 8. The van der Waals surface area contributed by atoms with Crippen molar-refractivity contribution in [1.82, 2.24) is 4.90 Å². The van der Waals surface area contributed by atoms with Crippen molar-refractivity contribution in [1.29, 1.82) is 0 Å². The van der Waals surface area contributed by atoms with Crippen LogP contribution in [0.25, 0.3) is 0 Å². The van der Waals surface area contributed by atoms with E-state index in [-0.39, 0.29) is 18.5 Å². The number of ether oxygens (including phenoxy) is 1. The summed E-state index contributed by atoms with van der Waals surface area (Å²) in [6.07, 6.45) is 32.9. The van der Waals surface area contributed by atoms with Crippen LogP contribution in [-0.2, 0) is 14.3 Å². The molecule has 0 fully saturated rings. The van der Waals surface area contributed by atoms with Crippen LogP contribution in [-0.4, -0.2) is 61.8 Å². The van der Waals surface area contributed by atoms with E-state index in [9.17, 15) is 14.4 Å². The van der Waals surface area contributed by atoms with Gasteiger partial charge in [0.1, 0.15) is 17.5 Å². The molecule has 0 saturated heterocycles. The number of carboxylic acid groups (broad SMARTS) is 1. The van der Waals surface area contributed by atoms with Gasteiger partial charge in [0.15, 0.2) is 0 Å². The number of nitrogens with zero attached hydrogens (tertiary/aromatic N) is 1. The van der Waals surface area contributed by atoms with E-state index in [1.165, 1.54) is 103 Å². The minimum absolute atomic E-state index is 0.00832. The molecule has 0 radical (unpaired) electrons. The van der Waals surface area contributed by atoms with Gasteiger partial charge in [-0.3, -0.25) is 19.2 Å². The van der Waals surface area contributed by atoms with Gasteiger partial charge in [-0.05, 0) is 64.1 Å². The normalized spacial score (nSPS) is 11.3. The fourth-order valence-corrected chi connectivity index (χ4v) is 7.23. The van der Waals surface area contributed by atoms with E-state index in [0.29, 0.717) is 24.3 Å². The maximum Gasteiger partial charge on any atom is 0.306 e. The van der Waals surface area contributed by atoms with Gasteiger partial charge in [0, 0.05) is 20.0 Å². The van der Waals surface area contributed by atoms with Crippen LogP contribution in [0, 0.1) is 5.92 Å². The Balaban J connectivity index is 0.00000869. The predicted molar refractivity (Wildman–Crippen MR) is 225 cm³/mol. The molecule has 9 heteroatoms. The lowest BCUT2D eigenvalue weighted by Gasteiger charge is -2.23. The van der Waals surface area contributed by atoms with Gasteiger partial charge in [-0.2, -0.15) is 0 Å². The van der Waals surface area contributed by atoms with Crippen molar-refractivity contribution in [3.63, 3.8) is 0 Å². The molecule has 1 rings (SSSR count). The van der Waals surface area contributed by atoms with Crippen LogP contribution in [0.2, 0.25) is 0 Å². The lowest BCUT2D eigenvalue weighted by atomic mass is 9.90. The summed E-state index contributed by atoms with van der Waals surface area (Å²) in [6.45, 7) is 12.7. The molecular weight excluding hydrogens is 666 g/mol. The third-order valence-corrected chi connectivity index (χ3v) is 10.5. The Kier molecular flexibility index (Phi) is 34.9. The zero-order chi connectivity index (χ0) is 39.4. The SMILES string of the molecule is CCCCC(CCCC)CCCCCCCCCN(CCCCCCCC(=O)OC(CCCC)CCCC)CCCNc1c(NC)c(=O)c1=O.O=CO. The summed E-state index contributed by atoms with van der Waals surface area (Å²) < 4.78 is 5.83. The Labute approximate surface area is 324 Å². The molecule has 53 heavy (non-hydrogen) atoms. The Morgan fingerprint density at radius 2 is 1.04 bits per heavy atom. The molecule has 1 aromatic carbocycles. The van der Waals surface area contributed by atoms with Crippen molar-refractivity contribution in [2.24, 2.45) is 5.92 Å². The smallest absolute Gasteiger partial charge is 0.306 e. The average molecular weight is 750 g/mol. The minimum Gasteiger partial charge on any atom is -0.483 e. The maximum absolute atomic E-state index is 12.4. The minimum atomic E-state index is -0.417. The number of carbonyl (C=O) groups is 2. The standard InChI is InChI=1S/C43H81N3O4.CH2O2/c1-6-10-27-37(28-11-7-2)29-22-18-15-14-16-20-24-34-46(36-26-33-45-41-40(44-5)42(48)43(41)49)35-25-21-17-19-23-32-39(47)50-38(30-12-8-3)31-13-9-4;2-1-3/h37-38,44-45H,6-36H2,1-5H3;1H,(H,2,3). The van der Waals surface area contributed by atoms with Crippen molar-refractivity contribution in [3.05, 3.63) is 20.4 Å². The number of carbonyl (C=O) groups excluding carboxylic acids is 1. The van der Waals surface area contributed by atoms with Gasteiger partial charge < -0.3 is 25.4 Å². The molecule has 0 saturated carbocycles. The molecule has 310 valence electrons. The first-order chi connectivity index (χ1) is 25.8. The van der Waals surface area contributed by atoms with Gasteiger partial charge in [-0.15, -0.1) is 0 Å². The molecule has 0 atom stereocenters. The summed E-state index contributed by atoms with van der Waals surface area (Å²) in [5.41, 5.74) is 0.0448. The first-order valence-electron chi connectivity index (χ1n) is 22.1. The maximum atomic E-state index is 12.4. The third kappa shape index (κ3) is 26.9. The molecule has 0 bridgehead atoms. The zero-order valence-electron chi connectivity index (χ0n) is 35.1. The molecule has 0 aromatic heterocycles. The van der Waals surface area contributed by atoms with E-state index < -0.39 is 10.9 Å². The molecule has 1 aromatic rings. The highest BCUT2D eigenvalue weighted by molar-refractivity contribution is 5.73. The van der Waals surface area contributed by atoms with Gasteiger partial charge in [0.25, 0.3) is 17.3 Å². The molecule has 3 N–H and O–H groups in total. The van der Waals surface area contributed by atoms with E-state index in [1.54, 1.807) is 7.05 Å². The Morgan fingerprint density at radius 1 is 0.623 bits per heavy atom. The summed E-state index contributed by atoms with van der Waals surface area (Å²) in [4.78, 5) is 47.0. The summed E-state index contributed by atoms with van der Waals surface area (Å²) >= 11 is 0. The predicted octanol–water partition coefficient (Wildman–Crippen LogP) is 10.9. The van der Waals surface area contributed by atoms with Gasteiger partial charge in [-0.1, -0.05) is 156 Å². The molecule has 0 aliphatic rings. The highest BCUT2D eigenvalue weighted by Gasteiger charge is 2.19. The van der Waals surface area contributed by atoms with Crippen molar-refractivity contribution in [3.8, 4) is 0 Å². The Morgan fingerprint density at radius 3 is 1.55 bits per heavy atom. The summed E-state index contributed by atoms with van der Waals surface area (Å²) in [5, 5.41) is 12.9. The monoisotopic (exact) mass is 750 g/mol. The van der Waals surface area contributed by atoms with E-state index in [0.717, 1.165) is 89.8 Å². The lowest BCUT2D eigenvalue weighted by molar-refractivity contribution is -0.150. The van der Waals surface area contributed by atoms with Crippen molar-refractivity contribution >= 4 is 23.8 Å². The zero-order valence-corrected chi connectivity index (χ0v) is 35.1. The second-order valence-corrected chi connectivity index (χ2v) is 15.2. The number of nitrogens with one attached hydrogen (secondary N) is 2. The second kappa shape index (κ2) is 36.6. The number of esters is 1. The summed E-state index contributed by atoms with van der Waals surface area (Å²) in [7, 11) is 1.69. The van der Waals surface area contributed by atoms with Gasteiger partial charge >= 0.3 is 5.97 Å². The number of unbranched alkanes of at least 4 members (excludes halogenated alkanes) is 14.